The van der Waals surface area contributed by atoms with Crippen LogP contribution in [-0.4, -0.2) is 31.0 Å². The molecule has 2 aromatic carbocycles. The molecule has 0 aliphatic carbocycles. The molecular formula is C22H30O3. The van der Waals surface area contributed by atoms with Crippen molar-refractivity contribution in [2.24, 2.45) is 0 Å². The maximum Gasteiger partial charge on any atom is 0.102 e. The van der Waals surface area contributed by atoms with Crippen molar-refractivity contribution >= 4 is 0 Å². The Hall–Kier alpha value is -1.68. The lowest BCUT2D eigenvalue weighted by molar-refractivity contribution is -0.00219. The number of aliphatic hydroxyl groups is 1. The van der Waals surface area contributed by atoms with Gasteiger partial charge in [-0.3, -0.25) is 0 Å². The Labute approximate surface area is 151 Å². The number of hydrogen-bond acceptors (Lipinski definition) is 3. The van der Waals surface area contributed by atoms with E-state index in [1.807, 2.05) is 44.2 Å². The average Bonchev–Trinajstić information content (AvgIpc) is 2.65. The van der Waals surface area contributed by atoms with Gasteiger partial charge in [-0.2, -0.15) is 0 Å². The molecule has 1 N–H and O–H groups in total. The molecule has 0 fully saturated rings. The molecule has 2 unspecified atom stereocenters. The molecule has 0 bridgehead atoms. The van der Waals surface area contributed by atoms with Crippen LogP contribution in [0.1, 0.15) is 43.1 Å². The molecule has 3 nitrogen and oxygen atoms in total. The van der Waals surface area contributed by atoms with Gasteiger partial charge in [0.25, 0.3) is 0 Å². The average molecular weight is 342 g/mol. The molecule has 136 valence electrons. The summed E-state index contributed by atoms with van der Waals surface area (Å²) >= 11 is 0. The van der Waals surface area contributed by atoms with Crippen LogP contribution >= 0.6 is 0 Å². The zero-order valence-electron chi connectivity index (χ0n) is 15.4. The summed E-state index contributed by atoms with van der Waals surface area (Å²) in [5.74, 6) is 0. The Morgan fingerprint density at radius 2 is 1.64 bits per heavy atom. The fourth-order valence-corrected chi connectivity index (χ4v) is 2.78. The second kappa shape index (κ2) is 11.0. The molecule has 0 saturated heterocycles. The first-order chi connectivity index (χ1) is 12.2. The highest BCUT2D eigenvalue weighted by molar-refractivity contribution is 5.23. The van der Waals surface area contributed by atoms with Gasteiger partial charge in [-0.25, -0.2) is 0 Å². The highest BCUT2D eigenvalue weighted by Crippen LogP contribution is 2.15. The summed E-state index contributed by atoms with van der Waals surface area (Å²) in [6.45, 7) is 6.01. The third-order valence-corrected chi connectivity index (χ3v) is 4.23. The molecule has 0 aliphatic heterocycles. The van der Waals surface area contributed by atoms with Crippen LogP contribution in [0.2, 0.25) is 0 Å². The lowest BCUT2D eigenvalue weighted by Crippen LogP contribution is -2.16. The van der Waals surface area contributed by atoms with Crippen LogP contribution in [-0.2, 0) is 22.3 Å². The van der Waals surface area contributed by atoms with Crippen molar-refractivity contribution in [3.63, 3.8) is 0 Å². The fraction of sp³-hybridized carbons (Fsp3) is 0.455. The molecule has 2 atom stereocenters. The summed E-state index contributed by atoms with van der Waals surface area (Å²) in [6.07, 6.45) is 2.46. The van der Waals surface area contributed by atoms with Crippen molar-refractivity contribution in [3.05, 3.63) is 71.3 Å². The highest BCUT2D eigenvalue weighted by Gasteiger charge is 2.10. The minimum atomic E-state index is -0.573. The van der Waals surface area contributed by atoms with Crippen LogP contribution in [0.3, 0.4) is 0 Å². The van der Waals surface area contributed by atoms with E-state index in [1.165, 1.54) is 11.1 Å². The Balaban J connectivity index is 1.72. The van der Waals surface area contributed by atoms with Crippen molar-refractivity contribution in [2.75, 3.05) is 19.8 Å². The monoisotopic (exact) mass is 342 g/mol. The van der Waals surface area contributed by atoms with Crippen LogP contribution in [0.25, 0.3) is 0 Å². The summed E-state index contributed by atoms with van der Waals surface area (Å²) in [5, 5.41) is 10.2. The second-order valence-corrected chi connectivity index (χ2v) is 6.39. The first-order valence-corrected chi connectivity index (χ1v) is 9.19. The minimum Gasteiger partial charge on any atom is -0.386 e. The third kappa shape index (κ3) is 7.39. The lowest BCUT2D eigenvalue weighted by atomic mass is 10.0. The molecule has 2 aromatic rings. The van der Waals surface area contributed by atoms with Gasteiger partial charge in [-0.1, -0.05) is 54.6 Å². The van der Waals surface area contributed by atoms with Crippen molar-refractivity contribution < 1.29 is 14.6 Å². The highest BCUT2D eigenvalue weighted by atomic mass is 16.5. The van der Waals surface area contributed by atoms with E-state index in [2.05, 4.69) is 24.3 Å². The van der Waals surface area contributed by atoms with Crippen molar-refractivity contribution in [1.29, 1.82) is 0 Å². The molecular weight excluding hydrogens is 312 g/mol. The molecule has 0 saturated carbocycles. The zero-order valence-corrected chi connectivity index (χ0v) is 15.4. The summed E-state index contributed by atoms with van der Waals surface area (Å²) < 4.78 is 11.2. The number of ether oxygens (including phenoxy) is 2. The van der Waals surface area contributed by atoms with Gasteiger partial charge >= 0.3 is 0 Å². The predicted octanol–water partition coefficient (Wildman–Crippen LogP) is 4.34. The molecule has 0 spiro atoms. The van der Waals surface area contributed by atoms with E-state index in [4.69, 9.17) is 9.47 Å². The van der Waals surface area contributed by atoms with Gasteiger partial charge in [-0.15, -0.1) is 0 Å². The topological polar surface area (TPSA) is 38.7 Å². The fourth-order valence-electron chi connectivity index (χ4n) is 2.78. The molecule has 25 heavy (non-hydrogen) atoms. The number of rotatable bonds is 11. The van der Waals surface area contributed by atoms with Crippen molar-refractivity contribution in [3.8, 4) is 0 Å². The molecule has 0 radical (unpaired) electrons. The quantitative estimate of drug-likeness (QED) is 0.618. The number of aryl methyl sites for hydroxylation is 1. The van der Waals surface area contributed by atoms with Gasteiger partial charge in [0.1, 0.15) is 6.10 Å². The maximum absolute atomic E-state index is 10.2. The Morgan fingerprint density at radius 1 is 0.960 bits per heavy atom. The van der Waals surface area contributed by atoms with Gasteiger partial charge < -0.3 is 14.6 Å². The summed E-state index contributed by atoms with van der Waals surface area (Å²) in [4.78, 5) is 0. The molecule has 0 aromatic heterocycles. The third-order valence-electron chi connectivity index (χ3n) is 4.23. The smallest absolute Gasteiger partial charge is 0.102 e. The predicted molar refractivity (Wildman–Crippen MR) is 102 cm³/mol. The van der Waals surface area contributed by atoms with Crippen LogP contribution in [0, 0.1) is 0 Å². The van der Waals surface area contributed by atoms with Crippen LogP contribution < -0.4 is 0 Å². The first kappa shape index (κ1) is 19.6. The Kier molecular flexibility index (Phi) is 8.67. The lowest BCUT2D eigenvalue weighted by Gasteiger charge is -2.17. The summed E-state index contributed by atoms with van der Waals surface area (Å²) in [6, 6.07) is 18.4. The maximum atomic E-state index is 10.2. The number of benzene rings is 2. The second-order valence-electron chi connectivity index (χ2n) is 6.39. The minimum absolute atomic E-state index is 0.0715. The Bertz CT molecular complexity index is 580. The molecule has 3 heteroatoms. The molecule has 0 heterocycles. The van der Waals surface area contributed by atoms with Gasteiger partial charge in [0, 0.05) is 13.2 Å². The zero-order chi connectivity index (χ0) is 17.9. The van der Waals surface area contributed by atoms with Gasteiger partial charge in [0.05, 0.1) is 12.7 Å². The van der Waals surface area contributed by atoms with Gasteiger partial charge in [0.2, 0.25) is 0 Å². The molecule has 0 aliphatic rings. The van der Waals surface area contributed by atoms with E-state index in [9.17, 15) is 5.11 Å². The van der Waals surface area contributed by atoms with Crippen LogP contribution in [0.15, 0.2) is 54.6 Å². The Morgan fingerprint density at radius 3 is 2.32 bits per heavy atom. The summed E-state index contributed by atoms with van der Waals surface area (Å²) in [7, 11) is 0. The van der Waals surface area contributed by atoms with Crippen molar-refractivity contribution in [1.82, 2.24) is 0 Å². The molecule has 0 amide bonds. The van der Waals surface area contributed by atoms with Crippen LogP contribution in [0.4, 0.5) is 0 Å². The van der Waals surface area contributed by atoms with E-state index in [-0.39, 0.29) is 6.10 Å². The van der Waals surface area contributed by atoms with E-state index < -0.39 is 6.10 Å². The van der Waals surface area contributed by atoms with Gasteiger partial charge in [0.15, 0.2) is 0 Å². The van der Waals surface area contributed by atoms with Gasteiger partial charge in [-0.05, 0) is 49.8 Å². The number of hydrogen-bond donors (Lipinski definition) is 1. The number of aliphatic hydroxyl groups excluding tert-OH is 1. The first-order valence-electron chi connectivity index (χ1n) is 9.19. The SMILES string of the molecule is CCOCCCc1ccc(CC(C)OCC(O)c2ccccc2)cc1. The molecule has 2 rings (SSSR count). The van der Waals surface area contributed by atoms with E-state index >= 15 is 0 Å². The van der Waals surface area contributed by atoms with E-state index in [0.29, 0.717) is 6.61 Å². The standard InChI is InChI=1S/C22H30O3/c1-3-24-15-7-8-19-11-13-20(14-12-19)16-18(2)25-17-22(23)21-9-5-4-6-10-21/h4-6,9-14,18,22-23H,3,7-8,15-17H2,1-2H3. The van der Waals surface area contributed by atoms with Crippen LogP contribution in [0.5, 0.6) is 0 Å². The van der Waals surface area contributed by atoms with E-state index in [0.717, 1.165) is 38.0 Å². The van der Waals surface area contributed by atoms with Crippen molar-refractivity contribution in [2.45, 2.75) is 45.3 Å². The normalized spacial score (nSPS) is 13.6. The largest absolute Gasteiger partial charge is 0.386 e. The summed E-state index contributed by atoms with van der Waals surface area (Å²) in [5.41, 5.74) is 3.50. The van der Waals surface area contributed by atoms with E-state index in [1.54, 1.807) is 0 Å².